The van der Waals surface area contributed by atoms with Gasteiger partial charge in [-0.3, -0.25) is 4.79 Å². The Hall–Kier alpha value is -0.650. The van der Waals surface area contributed by atoms with Crippen molar-refractivity contribution in [2.24, 2.45) is 11.7 Å². The number of hydrogen-bond acceptors (Lipinski definition) is 5. The standard InChI is InChI=1S/C14H29N3O2/c1-3-7-16-13-9-12(4-5-14(18)19-2)10-17(11-13)8-6-15/h12-13,16H,3-11,15H2,1-2H3. The third-order valence-corrected chi connectivity index (χ3v) is 3.73. The predicted molar refractivity (Wildman–Crippen MR) is 76.9 cm³/mol. The molecule has 0 amide bonds. The first-order valence-electron chi connectivity index (χ1n) is 7.42. The van der Waals surface area contributed by atoms with Crippen LogP contribution < -0.4 is 11.1 Å². The van der Waals surface area contributed by atoms with Gasteiger partial charge in [-0.25, -0.2) is 0 Å². The van der Waals surface area contributed by atoms with Gasteiger partial charge >= 0.3 is 5.97 Å². The summed E-state index contributed by atoms with van der Waals surface area (Å²) in [5.74, 6) is 0.461. The van der Waals surface area contributed by atoms with Crippen LogP contribution in [-0.4, -0.2) is 56.7 Å². The smallest absolute Gasteiger partial charge is 0.305 e. The molecule has 112 valence electrons. The fourth-order valence-electron chi connectivity index (χ4n) is 2.80. The normalized spacial score (nSPS) is 24.4. The number of methoxy groups -OCH3 is 1. The summed E-state index contributed by atoms with van der Waals surface area (Å²) in [5, 5.41) is 3.59. The first-order chi connectivity index (χ1) is 9.19. The lowest BCUT2D eigenvalue weighted by atomic mass is 9.90. The molecular formula is C14H29N3O2. The molecular weight excluding hydrogens is 242 g/mol. The van der Waals surface area contributed by atoms with Gasteiger partial charge < -0.3 is 20.7 Å². The van der Waals surface area contributed by atoms with Crippen molar-refractivity contribution in [3.05, 3.63) is 0 Å². The topological polar surface area (TPSA) is 67.6 Å². The van der Waals surface area contributed by atoms with Crippen molar-refractivity contribution < 1.29 is 9.53 Å². The predicted octanol–water partition coefficient (Wildman–Crippen LogP) is 0.588. The van der Waals surface area contributed by atoms with Crippen LogP contribution in [0.25, 0.3) is 0 Å². The minimum absolute atomic E-state index is 0.103. The molecule has 1 aliphatic heterocycles. The highest BCUT2D eigenvalue weighted by molar-refractivity contribution is 5.69. The van der Waals surface area contributed by atoms with Gasteiger partial charge in [0.1, 0.15) is 0 Å². The fraction of sp³-hybridized carbons (Fsp3) is 0.929. The third kappa shape index (κ3) is 6.36. The van der Waals surface area contributed by atoms with Gasteiger partial charge in [0, 0.05) is 38.6 Å². The lowest BCUT2D eigenvalue weighted by Crippen LogP contribution is -2.50. The zero-order chi connectivity index (χ0) is 14.1. The van der Waals surface area contributed by atoms with Crippen molar-refractivity contribution in [1.82, 2.24) is 10.2 Å². The second-order valence-corrected chi connectivity index (χ2v) is 5.42. The number of carbonyl (C=O) groups excluding carboxylic acids is 1. The van der Waals surface area contributed by atoms with E-state index in [2.05, 4.69) is 17.1 Å². The number of carbonyl (C=O) groups is 1. The number of likely N-dealkylation sites (tertiary alicyclic amines) is 1. The van der Waals surface area contributed by atoms with Gasteiger partial charge in [-0.2, -0.15) is 0 Å². The van der Waals surface area contributed by atoms with Gasteiger partial charge in [0.15, 0.2) is 0 Å². The SMILES string of the molecule is CCCNC1CC(CCC(=O)OC)CN(CCN)C1. The molecule has 19 heavy (non-hydrogen) atoms. The van der Waals surface area contributed by atoms with Crippen molar-refractivity contribution >= 4 is 5.97 Å². The Morgan fingerprint density at radius 2 is 2.26 bits per heavy atom. The van der Waals surface area contributed by atoms with E-state index in [1.54, 1.807) is 0 Å². The van der Waals surface area contributed by atoms with E-state index in [1.807, 2.05) is 0 Å². The average molecular weight is 271 g/mol. The summed E-state index contributed by atoms with van der Waals surface area (Å²) in [7, 11) is 1.45. The second-order valence-electron chi connectivity index (χ2n) is 5.42. The third-order valence-electron chi connectivity index (χ3n) is 3.73. The number of piperidine rings is 1. The van der Waals surface area contributed by atoms with Crippen LogP contribution in [0.4, 0.5) is 0 Å². The van der Waals surface area contributed by atoms with E-state index in [-0.39, 0.29) is 5.97 Å². The molecule has 1 saturated heterocycles. The van der Waals surface area contributed by atoms with Crippen LogP contribution in [0.3, 0.4) is 0 Å². The number of nitrogens with zero attached hydrogens (tertiary/aromatic N) is 1. The molecule has 1 heterocycles. The number of ether oxygens (including phenoxy) is 1. The number of nitrogens with one attached hydrogen (secondary N) is 1. The summed E-state index contributed by atoms with van der Waals surface area (Å²) in [5.41, 5.74) is 5.66. The lowest BCUT2D eigenvalue weighted by molar-refractivity contribution is -0.141. The molecule has 0 saturated carbocycles. The fourth-order valence-corrected chi connectivity index (χ4v) is 2.80. The first-order valence-corrected chi connectivity index (χ1v) is 7.42. The maximum absolute atomic E-state index is 11.2. The summed E-state index contributed by atoms with van der Waals surface area (Å²) in [6.07, 6.45) is 3.74. The number of rotatable bonds is 8. The minimum Gasteiger partial charge on any atom is -0.469 e. The summed E-state index contributed by atoms with van der Waals surface area (Å²) >= 11 is 0. The molecule has 0 radical (unpaired) electrons. The van der Waals surface area contributed by atoms with Crippen LogP contribution in [0.5, 0.6) is 0 Å². The largest absolute Gasteiger partial charge is 0.469 e. The molecule has 3 N–H and O–H groups in total. The minimum atomic E-state index is -0.103. The van der Waals surface area contributed by atoms with E-state index in [4.69, 9.17) is 10.5 Å². The average Bonchev–Trinajstić information content (AvgIpc) is 2.42. The molecule has 5 nitrogen and oxygen atoms in total. The molecule has 2 atom stereocenters. The molecule has 0 aromatic heterocycles. The number of hydrogen-bond donors (Lipinski definition) is 2. The van der Waals surface area contributed by atoms with Gasteiger partial charge in [-0.15, -0.1) is 0 Å². The first kappa shape index (κ1) is 16.4. The summed E-state index contributed by atoms with van der Waals surface area (Å²) < 4.78 is 4.72. The molecule has 1 rings (SSSR count). The number of nitrogens with two attached hydrogens (primary N) is 1. The van der Waals surface area contributed by atoms with E-state index in [0.717, 1.165) is 45.4 Å². The van der Waals surface area contributed by atoms with Crippen molar-refractivity contribution in [1.29, 1.82) is 0 Å². The van der Waals surface area contributed by atoms with Crippen LogP contribution in [-0.2, 0) is 9.53 Å². The summed E-state index contributed by atoms with van der Waals surface area (Å²) in [4.78, 5) is 13.7. The van der Waals surface area contributed by atoms with E-state index in [9.17, 15) is 4.79 Å². The molecule has 0 bridgehead atoms. The van der Waals surface area contributed by atoms with Crippen molar-refractivity contribution in [3.8, 4) is 0 Å². The summed E-state index contributed by atoms with van der Waals surface area (Å²) in [6.45, 7) is 7.01. The van der Waals surface area contributed by atoms with Gasteiger partial charge in [-0.05, 0) is 31.7 Å². The maximum Gasteiger partial charge on any atom is 0.305 e. The van der Waals surface area contributed by atoms with E-state index in [1.165, 1.54) is 7.11 Å². The van der Waals surface area contributed by atoms with Gasteiger partial charge in [0.25, 0.3) is 0 Å². The van der Waals surface area contributed by atoms with E-state index >= 15 is 0 Å². The van der Waals surface area contributed by atoms with Crippen molar-refractivity contribution in [2.45, 2.75) is 38.6 Å². The molecule has 0 spiro atoms. The zero-order valence-electron chi connectivity index (χ0n) is 12.4. The van der Waals surface area contributed by atoms with Crippen LogP contribution >= 0.6 is 0 Å². The monoisotopic (exact) mass is 271 g/mol. The van der Waals surface area contributed by atoms with Gasteiger partial charge in [0.05, 0.1) is 7.11 Å². The molecule has 0 aromatic carbocycles. The van der Waals surface area contributed by atoms with Gasteiger partial charge in [-0.1, -0.05) is 6.92 Å². The second kappa shape index (κ2) is 9.28. The Labute approximate surface area is 116 Å². The quantitative estimate of drug-likeness (QED) is 0.632. The van der Waals surface area contributed by atoms with Gasteiger partial charge in [0.2, 0.25) is 0 Å². The highest BCUT2D eigenvalue weighted by atomic mass is 16.5. The Morgan fingerprint density at radius 3 is 2.89 bits per heavy atom. The maximum atomic E-state index is 11.2. The highest BCUT2D eigenvalue weighted by Crippen LogP contribution is 2.21. The van der Waals surface area contributed by atoms with Crippen molar-refractivity contribution in [3.63, 3.8) is 0 Å². The van der Waals surface area contributed by atoms with E-state index < -0.39 is 0 Å². The molecule has 0 aliphatic carbocycles. The van der Waals surface area contributed by atoms with Crippen LogP contribution in [0, 0.1) is 5.92 Å². The van der Waals surface area contributed by atoms with E-state index in [0.29, 0.717) is 24.9 Å². The summed E-state index contributed by atoms with van der Waals surface area (Å²) in [6, 6.07) is 0.530. The molecule has 1 fully saturated rings. The van der Waals surface area contributed by atoms with Crippen molar-refractivity contribution in [2.75, 3.05) is 39.8 Å². The lowest BCUT2D eigenvalue weighted by Gasteiger charge is -2.38. The van der Waals surface area contributed by atoms with Crippen LogP contribution in [0.2, 0.25) is 0 Å². The Bertz CT molecular complexity index is 261. The highest BCUT2D eigenvalue weighted by Gasteiger charge is 2.26. The van der Waals surface area contributed by atoms with Crippen LogP contribution in [0.1, 0.15) is 32.6 Å². The molecule has 1 aliphatic rings. The molecule has 0 aromatic rings. The Kier molecular flexibility index (Phi) is 8.02. The van der Waals surface area contributed by atoms with Crippen LogP contribution in [0.15, 0.2) is 0 Å². The molecule has 2 unspecified atom stereocenters. The molecule has 5 heteroatoms. The number of esters is 1. The Morgan fingerprint density at radius 1 is 1.47 bits per heavy atom. The Balaban J connectivity index is 2.42. The zero-order valence-corrected chi connectivity index (χ0v) is 12.4.